The number of hydrogen-bond donors (Lipinski definition) is 2. The topological polar surface area (TPSA) is 58.6 Å². The smallest absolute Gasteiger partial charge is 0.341 e. The van der Waals surface area contributed by atoms with E-state index in [0.717, 1.165) is 31.5 Å². The average molecular weight is 235 g/mol. The molecular formula is C13H17NO3. The number of nitrogens with one attached hydrogen (secondary N) is 1. The first kappa shape index (κ1) is 11.9. The van der Waals surface area contributed by atoms with E-state index in [1.165, 1.54) is 7.11 Å². The predicted octanol–water partition coefficient (Wildman–Crippen LogP) is 1.65. The monoisotopic (exact) mass is 235 g/mol. The maximum Gasteiger partial charge on any atom is 0.341 e. The lowest BCUT2D eigenvalue weighted by Gasteiger charge is -2.23. The van der Waals surface area contributed by atoms with E-state index in [2.05, 4.69) is 10.1 Å². The van der Waals surface area contributed by atoms with Crippen LogP contribution >= 0.6 is 0 Å². The molecule has 0 atom stereocenters. The van der Waals surface area contributed by atoms with Gasteiger partial charge < -0.3 is 15.2 Å². The third-order valence-electron chi connectivity index (χ3n) is 3.24. The number of phenolic OH excluding ortho intramolecular Hbond substituents is 1. The third-order valence-corrected chi connectivity index (χ3v) is 3.24. The Morgan fingerprint density at radius 3 is 2.71 bits per heavy atom. The van der Waals surface area contributed by atoms with E-state index in [9.17, 15) is 9.90 Å². The molecule has 4 nitrogen and oxygen atoms in total. The first-order valence-electron chi connectivity index (χ1n) is 5.84. The maximum absolute atomic E-state index is 11.3. The Bertz CT molecular complexity index is 411. The molecule has 0 amide bonds. The van der Waals surface area contributed by atoms with Gasteiger partial charge in [-0.05, 0) is 49.5 Å². The first-order valence-corrected chi connectivity index (χ1v) is 5.84. The fourth-order valence-electron chi connectivity index (χ4n) is 2.24. The zero-order valence-corrected chi connectivity index (χ0v) is 9.90. The van der Waals surface area contributed by atoms with Gasteiger partial charge in [-0.15, -0.1) is 0 Å². The summed E-state index contributed by atoms with van der Waals surface area (Å²) in [5.41, 5.74) is 1.32. The van der Waals surface area contributed by atoms with E-state index < -0.39 is 5.97 Å². The van der Waals surface area contributed by atoms with Gasteiger partial charge in [0, 0.05) is 0 Å². The summed E-state index contributed by atoms with van der Waals surface area (Å²) >= 11 is 0. The molecule has 1 heterocycles. The van der Waals surface area contributed by atoms with Crippen LogP contribution in [0.5, 0.6) is 5.75 Å². The van der Waals surface area contributed by atoms with Crippen molar-refractivity contribution in [3.05, 3.63) is 29.3 Å². The molecule has 1 saturated heterocycles. The fourth-order valence-corrected chi connectivity index (χ4v) is 2.24. The summed E-state index contributed by atoms with van der Waals surface area (Å²) in [5, 5.41) is 13.1. The van der Waals surface area contributed by atoms with Crippen molar-refractivity contribution in [2.45, 2.75) is 18.8 Å². The Morgan fingerprint density at radius 2 is 2.12 bits per heavy atom. The molecule has 0 bridgehead atoms. The molecule has 2 rings (SSSR count). The van der Waals surface area contributed by atoms with Crippen LogP contribution in [0, 0.1) is 0 Å². The van der Waals surface area contributed by atoms with E-state index in [1.54, 1.807) is 12.1 Å². The lowest BCUT2D eigenvalue weighted by molar-refractivity contribution is 0.0597. The standard InChI is InChI=1S/C13H17NO3/c1-17-13(16)11-3-2-10(8-12(11)15)9-4-6-14-7-5-9/h2-3,8-9,14-15H,4-7H2,1H3. The van der Waals surface area contributed by atoms with E-state index >= 15 is 0 Å². The van der Waals surface area contributed by atoms with Crippen molar-refractivity contribution in [3.63, 3.8) is 0 Å². The average Bonchev–Trinajstić information content (AvgIpc) is 2.39. The molecule has 0 aliphatic carbocycles. The molecule has 0 radical (unpaired) electrons. The molecular weight excluding hydrogens is 218 g/mol. The number of benzene rings is 1. The second kappa shape index (κ2) is 5.19. The molecule has 1 aromatic rings. The molecule has 4 heteroatoms. The van der Waals surface area contributed by atoms with Gasteiger partial charge in [-0.3, -0.25) is 0 Å². The summed E-state index contributed by atoms with van der Waals surface area (Å²) in [6.45, 7) is 2.01. The van der Waals surface area contributed by atoms with Crippen molar-refractivity contribution in [2.24, 2.45) is 0 Å². The summed E-state index contributed by atoms with van der Waals surface area (Å²) in [6, 6.07) is 5.22. The molecule has 1 aliphatic rings. The van der Waals surface area contributed by atoms with Crippen molar-refractivity contribution in [1.29, 1.82) is 0 Å². The lowest BCUT2D eigenvalue weighted by Crippen LogP contribution is -2.26. The first-order chi connectivity index (χ1) is 8.22. The normalized spacial score (nSPS) is 16.8. The molecule has 17 heavy (non-hydrogen) atoms. The van der Waals surface area contributed by atoms with Crippen LogP contribution in [0.2, 0.25) is 0 Å². The SMILES string of the molecule is COC(=O)c1ccc(C2CCNCC2)cc1O. The highest BCUT2D eigenvalue weighted by molar-refractivity contribution is 5.92. The van der Waals surface area contributed by atoms with Gasteiger partial charge in [0.1, 0.15) is 11.3 Å². The number of rotatable bonds is 2. The summed E-state index contributed by atoms with van der Waals surface area (Å²) in [5.74, 6) is -0.0268. The number of carbonyl (C=O) groups excluding carboxylic acids is 1. The number of piperidine rings is 1. The van der Waals surface area contributed by atoms with Gasteiger partial charge in [-0.25, -0.2) is 4.79 Å². The van der Waals surface area contributed by atoms with Gasteiger partial charge in [-0.2, -0.15) is 0 Å². The predicted molar refractivity (Wildman–Crippen MR) is 64.3 cm³/mol. The van der Waals surface area contributed by atoms with Crippen molar-refractivity contribution in [2.75, 3.05) is 20.2 Å². The lowest BCUT2D eigenvalue weighted by atomic mass is 9.89. The highest BCUT2D eigenvalue weighted by Gasteiger charge is 2.18. The summed E-state index contributed by atoms with van der Waals surface area (Å²) in [4.78, 5) is 11.3. The number of aromatic hydroxyl groups is 1. The number of methoxy groups -OCH3 is 1. The number of phenols is 1. The molecule has 0 unspecified atom stereocenters. The minimum Gasteiger partial charge on any atom is -0.507 e. The Kier molecular flexibility index (Phi) is 3.64. The zero-order valence-electron chi connectivity index (χ0n) is 9.90. The Morgan fingerprint density at radius 1 is 1.41 bits per heavy atom. The van der Waals surface area contributed by atoms with Crippen LogP contribution < -0.4 is 5.32 Å². The number of carbonyl (C=O) groups is 1. The van der Waals surface area contributed by atoms with Crippen LogP contribution in [0.15, 0.2) is 18.2 Å². The second-order valence-corrected chi connectivity index (χ2v) is 4.29. The quantitative estimate of drug-likeness (QED) is 0.765. The highest BCUT2D eigenvalue weighted by atomic mass is 16.5. The number of esters is 1. The van der Waals surface area contributed by atoms with E-state index in [1.807, 2.05) is 6.07 Å². The Balaban J connectivity index is 2.20. The van der Waals surface area contributed by atoms with Gasteiger partial charge in [0.15, 0.2) is 0 Å². The van der Waals surface area contributed by atoms with Gasteiger partial charge >= 0.3 is 5.97 Å². The maximum atomic E-state index is 11.3. The van der Waals surface area contributed by atoms with Crippen molar-refractivity contribution >= 4 is 5.97 Å². The molecule has 2 N–H and O–H groups in total. The fraction of sp³-hybridized carbons (Fsp3) is 0.462. The Labute approximate surface area is 101 Å². The van der Waals surface area contributed by atoms with Crippen LogP contribution in [-0.4, -0.2) is 31.3 Å². The van der Waals surface area contributed by atoms with E-state index in [4.69, 9.17) is 0 Å². The molecule has 92 valence electrons. The van der Waals surface area contributed by atoms with Crippen LogP contribution in [0.3, 0.4) is 0 Å². The molecule has 0 saturated carbocycles. The van der Waals surface area contributed by atoms with Crippen LogP contribution in [0.1, 0.15) is 34.7 Å². The molecule has 1 aromatic carbocycles. The zero-order chi connectivity index (χ0) is 12.3. The highest BCUT2D eigenvalue weighted by Crippen LogP contribution is 2.29. The number of hydrogen-bond acceptors (Lipinski definition) is 4. The second-order valence-electron chi connectivity index (χ2n) is 4.29. The van der Waals surface area contributed by atoms with Crippen molar-refractivity contribution in [3.8, 4) is 5.75 Å². The van der Waals surface area contributed by atoms with Gasteiger partial charge in [0.25, 0.3) is 0 Å². The Hall–Kier alpha value is -1.55. The van der Waals surface area contributed by atoms with Crippen LogP contribution in [0.25, 0.3) is 0 Å². The van der Waals surface area contributed by atoms with E-state index in [0.29, 0.717) is 5.92 Å². The van der Waals surface area contributed by atoms with Crippen LogP contribution in [-0.2, 0) is 4.74 Å². The van der Waals surface area contributed by atoms with Gasteiger partial charge in [-0.1, -0.05) is 6.07 Å². The van der Waals surface area contributed by atoms with Gasteiger partial charge in [0.05, 0.1) is 7.11 Å². The summed E-state index contributed by atoms with van der Waals surface area (Å²) < 4.78 is 4.59. The van der Waals surface area contributed by atoms with E-state index in [-0.39, 0.29) is 11.3 Å². The summed E-state index contributed by atoms with van der Waals surface area (Å²) in [7, 11) is 1.31. The minimum atomic E-state index is -0.501. The molecule has 0 aromatic heterocycles. The van der Waals surface area contributed by atoms with Crippen molar-refractivity contribution in [1.82, 2.24) is 5.32 Å². The summed E-state index contributed by atoms with van der Waals surface area (Å²) in [6.07, 6.45) is 2.13. The number of ether oxygens (including phenoxy) is 1. The largest absolute Gasteiger partial charge is 0.507 e. The van der Waals surface area contributed by atoms with Crippen molar-refractivity contribution < 1.29 is 14.6 Å². The van der Waals surface area contributed by atoms with Gasteiger partial charge in [0.2, 0.25) is 0 Å². The molecule has 1 fully saturated rings. The van der Waals surface area contributed by atoms with Crippen LogP contribution in [0.4, 0.5) is 0 Å². The minimum absolute atomic E-state index is 0.00730. The third kappa shape index (κ3) is 2.58. The molecule has 0 spiro atoms. The molecule has 1 aliphatic heterocycles.